The zero-order chi connectivity index (χ0) is 13.0. The summed E-state index contributed by atoms with van der Waals surface area (Å²) in [7, 11) is 1.82. The molecule has 2 N–H and O–H groups in total. The lowest BCUT2D eigenvalue weighted by atomic mass is 9.76. The van der Waals surface area contributed by atoms with Crippen molar-refractivity contribution in [2.24, 2.45) is 23.5 Å². The third kappa shape index (κ3) is 3.25. The van der Waals surface area contributed by atoms with Gasteiger partial charge in [-0.25, -0.2) is 0 Å². The molecule has 0 bridgehead atoms. The predicted octanol–water partition coefficient (Wildman–Crippen LogP) is 2.11. The number of ether oxygens (including phenoxy) is 1. The number of hydrogen-bond donors (Lipinski definition) is 1. The fourth-order valence-electron chi connectivity index (χ4n) is 3.92. The molecule has 1 saturated carbocycles. The highest BCUT2D eigenvalue weighted by Crippen LogP contribution is 2.35. The van der Waals surface area contributed by atoms with Gasteiger partial charge in [-0.2, -0.15) is 0 Å². The van der Waals surface area contributed by atoms with Crippen LogP contribution in [0, 0.1) is 17.8 Å². The first-order valence-corrected chi connectivity index (χ1v) is 7.71. The van der Waals surface area contributed by atoms with Crippen molar-refractivity contribution in [2.45, 2.75) is 45.1 Å². The molecule has 1 saturated heterocycles. The highest BCUT2D eigenvalue weighted by atomic mass is 16.5. The van der Waals surface area contributed by atoms with E-state index >= 15 is 0 Å². The van der Waals surface area contributed by atoms with Crippen molar-refractivity contribution in [1.29, 1.82) is 0 Å². The van der Waals surface area contributed by atoms with Gasteiger partial charge in [0.2, 0.25) is 0 Å². The minimum absolute atomic E-state index is 0.731. The molecule has 18 heavy (non-hydrogen) atoms. The molecule has 3 nitrogen and oxygen atoms in total. The molecule has 0 aromatic rings. The number of hydrogen-bond acceptors (Lipinski definition) is 3. The van der Waals surface area contributed by atoms with E-state index in [1.165, 1.54) is 45.2 Å². The largest absolute Gasteiger partial charge is 0.384 e. The van der Waals surface area contributed by atoms with Crippen LogP contribution >= 0.6 is 0 Å². The van der Waals surface area contributed by atoms with E-state index in [0.717, 1.165) is 36.9 Å². The second-order valence-electron chi connectivity index (χ2n) is 6.26. The Hall–Kier alpha value is -0.120. The molecule has 4 atom stereocenters. The molecule has 2 fully saturated rings. The van der Waals surface area contributed by atoms with E-state index in [9.17, 15) is 0 Å². The van der Waals surface area contributed by atoms with Crippen molar-refractivity contribution in [3.05, 3.63) is 0 Å². The minimum Gasteiger partial charge on any atom is -0.384 e. The molecule has 0 aromatic carbocycles. The summed E-state index contributed by atoms with van der Waals surface area (Å²) in [5.41, 5.74) is 5.99. The maximum atomic E-state index is 5.99. The third-order valence-corrected chi connectivity index (χ3v) is 5.13. The summed E-state index contributed by atoms with van der Waals surface area (Å²) < 4.78 is 5.31. The van der Waals surface area contributed by atoms with Crippen LogP contribution in [0.2, 0.25) is 0 Å². The Morgan fingerprint density at radius 3 is 2.72 bits per heavy atom. The molecule has 1 heterocycles. The molecule has 0 radical (unpaired) electrons. The van der Waals surface area contributed by atoms with Crippen LogP contribution in [0.1, 0.15) is 39.0 Å². The first-order chi connectivity index (χ1) is 8.78. The number of rotatable bonds is 5. The van der Waals surface area contributed by atoms with Gasteiger partial charge in [0.1, 0.15) is 0 Å². The molecule has 0 amide bonds. The number of methoxy groups -OCH3 is 1. The monoisotopic (exact) mass is 254 g/mol. The number of nitrogens with two attached hydrogens (primary N) is 1. The average molecular weight is 254 g/mol. The SMILES string of the molecule is CCC1CCC(CN)C(N2CCC(COC)C2)C1. The zero-order valence-corrected chi connectivity index (χ0v) is 12.1. The fourth-order valence-corrected chi connectivity index (χ4v) is 3.92. The van der Waals surface area contributed by atoms with Gasteiger partial charge < -0.3 is 10.5 Å². The fraction of sp³-hybridized carbons (Fsp3) is 1.00. The molecule has 1 aliphatic heterocycles. The predicted molar refractivity (Wildman–Crippen MR) is 75.5 cm³/mol. The highest BCUT2D eigenvalue weighted by molar-refractivity contribution is 4.90. The summed E-state index contributed by atoms with van der Waals surface area (Å²) in [6.07, 6.45) is 6.74. The molecule has 0 spiro atoms. The van der Waals surface area contributed by atoms with Crippen molar-refractivity contribution < 1.29 is 4.74 Å². The molecular formula is C15H30N2O. The first kappa shape index (κ1) is 14.3. The Bertz CT molecular complexity index is 247. The lowest BCUT2D eigenvalue weighted by molar-refractivity contribution is 0.0892. The van der Waals surface area contributed by atoms with Crippen LogP contribution in [0.4, 0.5) is 0 Å². The van der Waals surface area contributed by atoms with Crippen molar-refractivity contribution in [1.82, 2.24) is 4.90 Å². The molecule has 4 unspecified atom stereocenters. The van der Waals surface area contributed by atoms with Crippen LogP contribution in [0.5, 0.6) is 0 Å². The zero-order valence-electron chi connectivity index (χ0n) is 12.1. The van der Waals surface area contributed by atoms with Crippen molar-refractivity contribution in [3.63, 3.8) is 0 Å². The second-order valence-corrected chi connectivity index (χ2v) is 6.26. The number of nitrogens with zero attached hydrogens (tertiary/aromatic N) is 1. The van der Waals surface area contributed by atoms with Gasteiger partial charge in [-0.1, -0.05) is 19.8 Å². The third-order valence-electron chi connectivity index (χ3n) is 5.13. The van der Waals surface area contributed by atoms with Gasteiger partial charge in [-0.15, -0.1) is 0 Å². The van der Waals surface area contributed by atoms with Crippen LogP contribution in [0.3, 0.4) is 0 Å². The summed E-state index contributed by atoms with van der Waals surface area (Å²) in [6.45, 7) is 6.61. The Kier molecular flexibility index (Phi) is 5.46. The van der Waals surface area contributed by atoms with Gasteiger partial charge in [0.15, 0.2) is 0 Å². The van der Waals surface area contributed by atoms with Gasteiger partial charge in [-0.05, 0) is 50.1 Å². The molecule has 106 valence electrons. The standard InChI is InChI=1S/C15H30N2O/c1-3-12-4-5-14(9-16)15(8-12)17-7-6-13(10-17)11-18-2/h12-15H,3-11,16H2,1-2H3. The van der Waals surface area contributed by atoms with Crippen LogP contribution in [0.25, 0.3) is 0 Å². The Morgan fingerprint density at radius 2 is 2.06 bits per heavy atom. The summed E-state index contributed by atoms with van der Waals surface area (Å²) in [5.74, 6) is 2.41. The highest BCUT2D eigenvalue weighted by Gasteiger charge is 2.36. The Morgan fingerprint density at radius 1 is 1.22 bits per heavy atom. The van der Waals surface area contributed by atoms with Crippen LogP contribution < -0.4 is 5.73 Å². The van der Waals surface area contributed by atoms with E-state index in [1.54, 1.807) is 0 Å². The van der Waals surface area contributed by atoms with E-state index in [2.05, 4.69) is 11.8 Å². The van der Waals surface area contributed by atoms with Crippen LogP contribution in [-0.4, -0.2) is 44.3 Å². The normalized spacial score (nSPS) is 38.2. The molecule has 1 aliphatic carbocycles. The molecule has 2 rings (SSSR count). The van der Waals surface area contributed by atoms with Crippen molar-refractivity contribution in [3.8, 4) is 0 Å². The number of likely N-dealkylation sites (tertiary alicyclic amines) is 1. The topological polar surface area (TPSA) is 38.5 Å². The van der Waals surface area contributed by atoms with Crippen LogP contribution in [-0.2, 0) is 4.74 Å². The van der Waals surface area contributed by atoms with E-state index in [0.29, 0.717) is 0 Å². The first-order valence-electron chi connectivity index (χ1n) is 7.71. The summed E-state index contributed by atoms with van der Waals surface area (Å²) in [5, 5.41) is 0. The summed E-state index contributed by atoms with van der Waals surface area (Å²) in [4.78, 5) is 2.71. The van der Waals surface area contributed by atoms with E-state index in [4.69, 9.17) is 10.5 Å². The Balaban J connectivity index is 1.92. The Labute approximate surface area is 112 Å². The second kappa shape index (κ2) is 6.88. The molecular weight excluding hydrogens is 224 g/mol. The lowest BCUT2D eigenvalue weighted by Gasteiger charge is -2.41. The summed E-state index contributed by atoms with van der Waals surface area (Å²) in [6, 6.07) is 0.746. The minimum atomic E-state index is 0.731. The van der Waals surface area contributed by atoms with Gasteiger partial charge in [0, 0.05) is 19.7 Å². The average Bonchev–Trinajstić information content (AvgIpc) is 2.87. The molecule has 0 aromatic heterocycles. The van der Waals surface area contributed by atoms with E-state index in [-0.39, 0.29) is 0 Å². The van der Waals surface area contributed by atoms with E-state index in [1.807, 2.05) is 7.11 Å². The van der Waals surface area contributed by atoms with Gasteiger partial charge in [0.05, 0.1) is 6.61 Å². The van der Waals surface area contributed by atoms with Crippen molar-refractivity contribution >= 4 is 0 Å². The van der Waals surface area contributed by atoms with Crippen molar-refractivity contribution in [2.75, 3.05) is 33.4 Å². The van der Waals surface area contributed by atoms with Gasteiger partial charge in [-0.3, -0.25) is 4.90 Å². The van der Waals surface area contributed by atoms with E-state index < -0.39 is 0 Å². The van der Waals surface area contributed by atoms with Gasteiger partial charge in [0.25, 0.3) is 0 Å². The quantitative estimate of drug-likeness (QED) is 0.816. The maximum Gasteiger partial charge on any atom is 0.0503 e. The lowest BCUT2D eigenvalue weighted by Crippen LogP contribution is -2.46. The smallest absolute Gasteiger partial charge is 0.0503 e. The van der Waals surface area contributed by atoms with Gasteiger partial charge >= 0.3 is 0 Å². The molecule has 2 aliphatic rings. The van der Waals surface area contributed by atoms with Crippen LogP contribution in [0.15, 0.2) is 0 Å². The molecule has 3 heteroatoms. The maximum absolute atomic E-state index is 5.99. The summed E-state index contributed by atoms with van der Waals surface area (Å²) >= 11 is 0.